The van der Waals surface area contributed by atoms with Crippen molar-refractivity contribution in [1.29, 1.82) is 0 Å². The maximum Gasteiger partial charge on any atom is 0.332 e. The highest BCUT2D eigenvalue weighted by Crippen LogP contribution is 2.33. The molecule has 3 aromatic rings. The van der Waals surface area contributed by atoms with Gasteiger partial charge in [-0.2, -0.15) is 8.42 Å². The van der Waals surface area contributed by atoms with Crippen molar-refractivity contribution < 1.29 is 26.9 Å². The topological polar surface area (TPSA) is 90.9 Å². The van der Waals surface area contributed by atoms with Crippen molar-refractivity contribution in [3.8, 4) is 17.2 Å². The van der Waals surface area contributed by atoms with Gasteiger partial charge in [-0.25, -0.2) is 0 Å². The van der Waals surface area contributed by atoms with Crippen molar-refractivity contribution in [2.24, 2.45) is 0 Å². The first-order chi connectivity index (χ1) is 16.5. The van der Waals surface area contributed by atoms with Crippen molar-refractivity contribution in [2.45, 2.75) is 18.9 Å². The summed E-state index contributed by atoms with van der Waals surface area (Å²) in [7, 11) is -4.00. The van der Waals surface area contributed by atoms with Crippen LogP contribution in [0.1, 0.15) is 22.3 Å². The first-order valence-corrected chi connectivity index (χ1v) is 12.4. The Balaban J connectivity index is 1.51. The Bertz CT molecular complexity index is 1240. The third-order valence-electron chi connectivity index (χ3n) is 5.15. The maximum atomic E-state index is 13.1. The van der Waals surface area contributed by atoms with Crippen LogP contribution in [0, 0.1) is 0 Å². The summed E-state index contributed by atoms with van der Waals surface area (Å²) in [5, 5.41) is 3.89. The molecule has 1 N–H and O–H groups in total. The lowest BCUT2D eigenvalue weighted by Crippen LogP contribution is -2.34. The number of nitrogens with one attached hydrogen (secondary N) is 1. The van der Waals surface area contributed by atoms with Crippen molar-refractivity contribution >= 4 is 16.0 Å². The van der Waals surface area contributed by atoms with E-state index in [0.717, 1.165) is 11.0 Å². The number of fused-ring (bicyclic) bond motifs is 1. The molecule has 0 saturated carbocycles. The molecule has 1 atom stereocenters. The summed E-state index contributed by atoms with van der Waals surface area (Å²) < 4.78 is 41.3. The number of benzene rings is 3. The zero-order valence-electron chi connectivity index (χ0n) is 18.4. The Morgan fingerprint density at radius 2 is 1.65 bits per heavy atom. The Morgan fingerprint density at radius 3 is 2.41 bits per heavy atom. The average Bonchev–Trinajstić information content (AvgIpc) is 2.86. The van der Waals surface area contributed by atoms with Gasteiger partial charge in [-0.1, -0.05) is 54.6 Å². The Morgan fingerprint density at radius 1 is 0.941 bits per heavy atom. The molecule has 0 bridgehead atoms. The van der Waals surface area contributed by atoms with Gasteiger partial charge >= 0.3 is 10.1 Å². The van der Waals surface area contributed by atoms with Crippen LogP contribution >= 0.6 is 0 Å². The first kappa shape index (κ1) is 23.4. The lowest BCUT2D eigenvalue weighted by molar-refractivity contribution is 0.0932. The Labute approximate surface area is 199 Å². The molecule has 34 heavy (non-hydrogen) atoms. The number of rotatable bonds is 9. The minimum atomic E-state index is -4.00. The van der Waals surface area contributed by atoms with E-state index in [1.165, 1.54) is 6.08 Å². The summed E-state index contributed by atoms with van der Waals surface area (Å²) in [5.74, 6) is 0.725. The fraction of sp³-hybridized carbons (Fsp3) is 0.192. The molecule has 4 rings (SSSR count). The van der Waals surface area contributed by atoms with E-state index in [2.05, 4.69) is 5.32 Å². The van der Waals surface area contributed by atoms with E-state index >= 15 is 0 Å². The molecule has 0 radical (unpaired) electrons. The molecule has 0 aromatic heterocycles. The third kappa shape index (κ3) is 6.39. The van der Waals surface area contributed by atoms with Crippen molar-refractivity contribution in [1.82, 2.24) is 5.32 Å². The lowest BCUT2D eigenvalue weighted by atomic mass is 10.0. The quantitative estimate of drug-likeness (QED) is 0.465. The van der Waals surface area contributed by atoms with Gasteiger partial charge in [-0.3, -0.25) is 4.79 Å². The van der Waals surface area contributed by atoms with Crippen LogP contribution in [0.3, 0.4) is 0 Å². The smallest absolute Gasteiger partial charge is 0.332 e. The number of ether oxygens (including phenoxy) is 2. The summed E-state index contributed by atoms with van der Waals surface area (Å²) in [5.41, 5.74) is 1.41. The highest BCUT2D eigenvalue weighted by Gasteiger charge is 2.22. The molecule has 7 nitrogen and oxygen atoms in total. The third-order valence-corrected chi connectivity index (χ3v) is 6.06. The predicted molar refractivity (Wildman–Crippen MR) is 129 cm³/mol. The molecule has 0 saturated heterocycles. The minimum Gasteiger partial charge on any atom is -0.486 e. The van der Waals surface area contributed by atoms with Crippen molar-refractivity contribution in [3.05, 3.63) is 101 Å². The van der Waals surface area contributed by atoms with Gasteiger partial charge in [0.15, 0.2) is 11.5 Å². The molecule has 3 aromatic carbocycles. The van der Waals surface area contributed by atoms with E-state index in [0.29, 0.717) is 43.1 Å². The number of carbonyl (C=O) groups excluding carboxylic acids is 1. The largest absolute Gasteiger partial charge is 0.486 e. The molecule has 0 fully saturated rings. The molecule has 1 heterocycles. The number of para-hydroxylation sites is 2. The molecule has 1 aliphatic rings. The van der Waals surface area contributed by atoms with Crippen LogP contribution < -0.4 is 19.0 Å². The molecule has 176 valence electrons. The lowest BCUT2D eigenvalue weighted by Gasteiger charge is -2.22. The van der Waals surface area contributed by atoms with Crippen LogP contribution in [0.5, 0.6) is 17.2 Å². The van der Waals surface area contributed by atoms with Crippen LogP contribution in [-0.4, -0.2) is 33.6 Å². The number of hydrogen-bond donors (Lipinski definition) is 1. The second kappa shape index (κ2) is 10.9. The molecule has 0 spiro atoms. The van der Waals surface area contributed by atoms with Gasteiger partial charge in [0.25, 0.3) is 5.91 Å². The van der Waals surface area contributed by atoms with Crippen LogP contribution in [-0.2, 0) is 16.5 Å². The molecule has 1 amide bonds. The zero-order valence-corrected chi connectivity index (χ0v) is 19.2. The summed E-state index contributed by atoms with van der Waals surface area (Å²) in [6.07, 6.45) is 2.56. The van der Waals surface area contributed by atoms with Gasteiger partial charge in [0.1, 0.15) is 19.0 Å². The van der Waals surface area contributed by atoms with Crippen LogP contribution in [0.25, 0.3) is 0 Å². The number of hydrogen-bond acceptors (Lipinski definition) is 6. The van der Waals surface area contributed by atoms with Crippen molar-refractivity contribution in [2.75, 3.05) is 13.2 Å². The fourth-order valence-corrected chi connectivity index (χ4v) is 4.33. The van der Waals surface area contributed by atoms with Gasteiger partial charge in [-0.05, 0) is 48.7 Å². The molecule has 1 aliphatic heterocycles. The predicted octanol–water partition coefficient (Wildman–Crippen LogP) is 4.11. The highest BCUT2D eigenvalue weighted by atomic mass is 32.2. The standard InChI is InChI=1S/C26H25NO6S/c28-26(23-12-7-13-24-25(23)32-18-17-31-24)27-21(15-14-20-8-3-1-4-9-20)16-19-34(29,30)33-22-10-5-2-6-11-22/h1-13,16,19,21H,14-15,17-18H2,(H,27,28)/b19-16+/t21-/m0/s1. The van der Waals surface area contributed by atoms with E-state index in [4.69, 9.17) is 13.7 Å². The number of carbonyl (C=O) groups is 1. The van der Waals surface area contributed by atoms with Gasteiger partial charge in [0, 0.05) is 6.04 Å². The average molecular weight is 480 g/mol. The van der Waals surface area contributed by atoms with Crippen molar-refractivity contribution in [3.63, 3.8) is 0 Å². The monoisotopic (exact) mass is 479 g/mol. The van der Waals surface area contributed by atoms with E-state index in [-0.39, 0.29) is 11.7 Å². The molecule has 0 aliphatic carbocycles. The second-order valence-corrected chi connectivity index (χ2v) is 9.08. The molecule has 8 heteroatoms. The molecular formula is C26H25NO6S. The summed E-state index contributed by atoms with van der Waals surface area (Å²) in [4.78, 5) is 13.1. The zero-order chi connectivity index (χ0) is 23.8. The first-order valence-electron chi connectivity index (χ1n) is 10.9. The molecular weight excluding hydrogens is 454 g/mol. The maximum absolute atomic E-state index is 13.1. The summed E-state index contributed by atoms with van der Waals surface area (Å²) in [6.45, 7) is 0.767. The fourth-order valence-electron chi connectivity index (χ4n) is 3.51. The summed E-state index contributed by atoms with van der Waals surface area (Å²) in [6, 6.07) is 22.6. The van der Waals surface area contributed by atoms with E-state index < -0.39 is 16.2 Å². The van der Waals surface area contributed by atoms with E-state index in [1.54, 1.807) is 48.5 Å². The normalized spacial score (nSPS) is 13.9. The Kier molecular flexibility index (Phi) is 7.49. The van der Waals surface area contributed by atoms with Gasteiger partial charge in [-0.15, -0.1) is 0 Å². The Hall–Kier alpha value is -3.78. The van der Waals surface area contributed by atoms with Gasteiger partial charge in [0.2, 0.25) is 0 Å². The van der Waals surface area contributed by atoms with Gasteiger partial charge < -0.3 is 19.0 Å². The van der Waals surface area contributed by atoms with Crippen LogP contribution in [0.15, 0.2) is 90.3 Å². The highest BCUT2D eigenvalue weighted by molar-refractivity contribution is 7.90. The number of amides is 1. The SMILES string of the molecule is O=C(N[C@H](/C=C/S(=O)(=O)Oc1ccccc1)CCc1ccccc1)c1cccc2c1OCCO2. The van der Waals surface area contributed by atoms with Gasteiger partial charge in [0.05, 0.1) is 11.0 Å². The van der Waals surface area contributed by atoms with Crippen LogP contribution in [0.2, 0.25) is 0 Å². The van der Waals surface area contributed by atoms with E-state index in [9.17, 15) is 13.2 Å². The van der Waals surface area contributed by atoms with E-state index in [1.807, 2.05) is 30.3 Å². The molecule has 0 unspecified atom stereocenters. The summed E-state index contributed by atoms with van der Waals surface area (Å²) >= 11 is 0. The van der Waals surface area contributed by atoms with Crippen LogP contribution in [0.4, 0.5) is 0 Å². The minimum absolute atomic E-state index is 0.213. The second-order valence-electron chi connectivity index (χ2n) is 7.65. The number of aryl methyl sites for hydroxylation is 1.